The van der Waals surface area contributed by atoms with Gasteiger partial charge in [0, 0.05) is 56.9 Å². The van der Waals surface area contributed by atoms with Crippen LogP contribution in [0.1, 0.15) is 51.0 Å². The van der Waals surface area contributed by atoms with Crippen LogP contribution < -0.4 is 10.2 Å². The summed E-state index contributed by atoms with van der Waals surface area (Å²) in [5, 5.41) is 2.92. The number of sulfonamides is 1. The van der Waals surface area contributed by atoms with Gasteiger partial charge in [0.2, 0.25) is 21.8 Å². The number of nitrogens with one attached hydrogen (secondary N) is 1. The van der Waals surface area contributed by atoms with E-state index in [0.717, 1.165) is 36.9 Å². The predicted octanol–water partition coefficient (Wildman–Crippen LogP) is 2.32. The molecule has 1 aromatic carbocycles. The number of rotatable bonds is 8. The zero-order valence-corrected chi connectivity index (χ0v) is 20.4. The summed E-state index contributed by atoms with van der Waals surface area (Å²) in [6.45, 7) is 3.86. The molecule has 1 saturated heterocycles. The molecule has 0 spiro atoms. The van der Waals surface area contributed by atoms with Crippen molar-refractivity contribution in [1.29, 1.82) is 0 Å². The van der Waals surface area contributed by atoms with Crippen molar-refractivity contribution < 1.29 is 22.7 Å². The molecule has 8 nitrogen and oxygen atoms in total. The largest absolute Gasteiger partial charge is 0.385 e. The number of piperidine rings is 1. The van der Waals surface area contributed by atoms with E-state index in [-0.39, 0.29) is 34.6 Å². The Balaban J connectivity index is 1.39. The van der Waals surface area contributed by atoms with Crippen molar-refractivity contribution in [3.05, 3.63) is 23.8 Å². The number of hydrogen-bond donors (Lipinski definition) is 1. The smallest absolute Gasteiger partial charge is 0.243 e. The van der Waals surface area contributed by atoms with Crippen LogP contribution in [-0.4, -0.2) is 63.9 Å². The number of carbonyl (C=O) groups is 2. The van der Waals surface area contributed by atoms with E-state index in [1.807, 2.05) is 11.8 Å². The summed E-state index contributed by atoms with van der Waals surface area (Å²) in [7, 11) is -2.01. The maximum absolute atomic E-state index is 13.3. The average Bonchev–Trinajstić information content (AvgIpc) is 3.10. The lowest BCUT2D eigenvalue weighted by Crippen LogP contribution is -2.43. The van der Waals surface area contributed by atoms with Gasteiger partial charge in [0.05, 0.1) is 4.90 Å². The third kappa shape index (κ3) is 4.95. The van der Waals surface area contributed by atoms with Crippen molar-refractivity contribution in [3.8, 4) is 0 Å². The first-order valence-corrected chi connectivity index (χ1v) is 13.5. The summed E-state index contributed by atoms with van der Waals surface area (Å²) in [6, 6.07) is 5.21. The number of benzene rings is 1. The standard InChI is InChI=1S/C24H35N3O5S/c1-17-15-20-16-21(7-8-22(20)27(17)24(29)19-5-3-6-19)33(30,31)26-12-9-18(10-13-26)23(28)25-11-4-14-32-2/h7-8,16-19H,3-6,9-15H2,1-2H3,(H,25,28). The first-order valence-electron chi connectivity index (χ1n) is 12.1. The van der Waals surface area contributed by atoms with Crippen molar-refractivity contribution in [2.24, 2.45) is 11.8 Å². The lowest BCUT2D eigenvalue weighted by Gasteiger charge is -2.32. The number of ether oxygens (including phenoxy) is 1. The monoisotopic (exact) mass is 477 g/mol. The van der Waals surface area contributed by atoms with Crippen LogP contribution >= 0.6 is 0 Å². The van der Waals surface area contributed by atoms with Gasteiger partial charge in [0.25, 0.3) is 0 Å². The van der Waals surface area contributed by atoms with Crippen molar-refractivity contribution in [2.45, 2.75) is 62.8 Å². The highest BCUT2D eigenvalue weighted by atomic mass is 32.2. The van der Waals surface area contributed by atoms with Crippen molar-refractivity contribution in [2.75, 3.05) is 38.3 Å². The van der Waals surface area contributed by atoms with E-state index in [1.54, 1.807) is 25.3 Å². The van der Waals surface area contributed by atoms with Crippen LogP contribution in [0.15, 0.2) is 23.1 Å². The molecule has 0 aromatic heterocycles. The molecule has 2 fully saturated rings. The Hall–Kier alpha value is -1.97. The number of nitrogens with zero attached hydrogens (tertiary/aromatic N) is 2. The van der Waals surface area contributed by atoms with Crippen LogP contribution in [-0.2, 0) is 30.8 Å². The normalized spacial score (nSPS) is 22.1. The molecule has 0 radical (unpaired) electrons. The fraction of sp³-hybridized carbons (Fsp3) is 0.667. The van der Waals surface area contributed by atoms with E-state index in [4.69, 9.17) is 4.74 Å². The molecule has 2 aliphatic heterocycles. The lowest BCUT2D eigenvalue weighted by molar-refractivity contribution is -0.126. The molecular formula is C24H35N3O5S. The van der Waals surface area contributed by atoms with E-state index in [9.17, 15) is 18.0 Å². The molecule has 2 amide bonds. The number of hydrogen-bond acceptors (Lipinski definition) is 5. The van der Waals surface area contributed by atoms with Gasteiger partial charge in [-0.2, -0.15) is 4.31 Å². The number of fused-ring (bicyclic) bond motifs is 1. The van der Waals surface area contributed by atoms with Crippen LogP contribution in [0.25, 0.3) is 0 Å². The second kappa shape index (κ2) is 10.1. The molecule has 1 saturated carbocycles. The molecule has 4 rings (SSSR count). The van der Waals surface area contributed by atoms with E-state index in [1.165, 1.54) is 4.31 Å². The highest BCUT2D eigenvalue weighted by Gasteiger charge is 2.38. The summed E-state index contributed by atoms with van der Waals surface area (Å²) >= 11 is 0. The summed E-state index contributed by atoms with van der Waals surface area (Å²) < 4.78 is 33.1. The predicted molar refractivity (Wildman–Crippen MR) is 125 cm³/mol. The van der Waals surface area contributed by atoms with Crippen molar-refractivity contribution in [1.82, 2.24) is 9.62 Å². The molecule has 1 aromatic rings. The molecule has 1 N–H and O–H groups in total. The maximum Gasteiger partial charge on any atom is 0.243 e. The molecule has 1 unspecified atom stereocenters. The van der Waals surface area contributed by atoms with Crippen molar-refractivity contribution >= 4 is 27.5 Å². The Labute approximate surface area is 196 Å². The van der Waals surface area contributed by atoms with Crippen molar-refractivity contribution in [3.63, 3.8) is 0 Å². The third-order valence-corrected chi connectivity index (χ3v) is 9.14. The summed E-state index contributed by atoms with van der Waals surface area (Å²) in [5.41, 5.74) is 1.77. The highest BCUT2D eigenvalue weighted by molar-refractivity contribution is 7.89. The Morgan fingerprint density at radius 1 is 1.12 bits per heavy atom. The van der Waals surface area contributed by atoms with Gasteiger partial charge < -0.3 is 15.0 Å². The van der Waals surface area contributed by atoms with Gasteiger partial charge in [-0.05, 0) is 69.2 Å². The van der Waals surface area contributed by atoms with Gasteiger partial charge in [0.1, 0.15) is 0 Å². The molecular weight excluding hydrogens is 442 g/mol. The molecule has 0 bridgehead atoms. The van der Waals surface area contributed by atoms with E-state index in [0.29, 0.717) is 45.5 Å². The first-order chi connectivity index (χ1) is 15.8. The quantitative estimate of drug-likeness (QED) is 0.580. The fourth-order valence-corrected chi connectivity index (χ4v) is 6.56. The molecule has 3 aliphatic rings. The first kappa shape index (κ1) is 24.2. The fourth-order valence-electron chi connectivity index (χ4n) is 5.04. The summed E-state index contributed by atoms with van der Waals surface area (Å²) in [6.07, 6.45) is 5.46. The lowest BCUT2D eigenvalue weighted by atomic mass is 9.84. The van der Waals surface area contributed by atoms with Gasteiger partial charge in [-0.3, -0.25) is 9.59 Å². The van der Waals surface area contributed by atoms with Gasteiger partial charge in [-0.1, -0.05) is 6.42 Å². The summed E-state index contributed by atoms with van der Waals surface area (Å²) in [5.74, 6) is 0.114. The zero-order chi connectivity index (χ0) is 23.6. The third-order valence-electron chi connectivity index (χ3n) is 7.25. The molecule has 33 heavy (non-hydrogen) atoms. The van der Waals surface area contributed by atoms with Gasteiger partial charge >= 0.3 is 0 Å². The minimum Gasteiger partial charge on any atom is -0.385 e. The Morgan fingerprint density at radius 2 is 1.85 bits per heavy atom. The summed E-state index contributed by atoms with van der Waals surface area (Å²) in [4.78, 5) is 27.4. The van der Waals surface area contributed by atoms with E-state index in [2.05, 4.69) is 5.32 Å². The van der Waals surface area contributed by atoms with Crippen LogP contribution in [0, 0.1) is 11.8 Å². The maximum atomic E-state index is 13.3. The second-order valence-corrected chi connectivity index (χ2v) is 11.4. The second-order valence-electron chi connectivity index (χ2n) is 9.50. The van der Waals surface area contributed by atoms with Crippen LogP contribution in [0.3, 0.4) is 0 Å². The topological polar surface area (TPSA) is 96.0 Å². The highest BCUT2D eigenvalue weighted by Crippen LogP contribution is 2.38. The van der Waals surface area contributed by atoms with E-state index < -0.39 is 10.0 Å². The number of methoxy groups -OCH3 is 1. The Kier molecular flexibility index (Phi) is 7.40. The Bertz CT molecular complexity index is 984. The molecule has 9 heteroatoms. The van der Waals surface area contributed by atoms with Gasteiger partial charge in [0.15, 0.2) is 0 Å². The van der Waals surface area contributed by atoms with Gasteiger partial charge in [-0.15, -0.1) is 0 Å². The molecule has 1 aliphatic carbocycles. The van der Waals surface area contributed by atoms with Crippen LogP contribution in [0.5, 0.6) is 0 Å². The van der Waals surface area contributed by atoms with Gasteiger partial charge in [-0.25, -0.2) is 8.42 Å². The minimum atomic E-state index is -3.64. The molecule has 182 valence electrons. The zero-order valence-electron chi connectivity index (χ0n) is 19.6. The SMILES string of the molecule is COCCCNC(=O)C1CCN(S(=O)(=O)c2ccc3c(c2)CC(C)N3C(=O)C2CCC2)CC1. The molecule has 1 atom stereocenters. The minimum absolute atomic E-state index is 0.00843. The van der Waals surface area contributed by atoms with E-state index >= 15 is 0 Å². The van der Waals surface area contributed by atoms with Crippen LogP contribution in [0.4, 0.5) is 5.69 Å². The average molecular weight is 478 g/mol. The molecule has 2 heterocycles. The van der Waals surface area contributed by atoms with Crippen LogP contribution in [0.2, 0.25) is 0 Å². The number of amides is 2. The number of anilines is 1. The number of carbonyl (C=O) groups excluding carboxylic acids is 2. The Morgan fingerprint density at radius 3 is 2.48 bits per heavy atom.